The van der Waals surface area contributed by atoms with Crippen molar-refractivity contribution in [3.8, 4) is 5.75 Å². The van der Waals surface area contributed by atoms with Gasteiger partial charge in [0.25, 0.3) is 5.91 Å². The highest BCUT2D eigenvalue weighted by Gasteiger charge is 2.27. The summed E-state index contributed by atoms with van der Waals surface area (Å²) >= 11 is 0. The molecule has 116 valence electrons. The van der Waals surface area contributed by atoms with E-state index in [1.54, 1.807) is 0 Å². The molecule has 1 aliphatic rings. The fraction of sp³-hybridized carbons (Fsp3) is 0.562. The second kappa shape index (κ2) is 7.43. The molecule has 0 radical (unpaired) electrons. The summed E-state index contributed by atoms with van der Waals surface area (Å²) in [7, 11) is 4.00. The Morgan fingerprint density at radius 2 is 2.19 bits per heavy atom. The maximum absolute atomic E-state index is 12.6. The molecule has 2 N–H and O–H groups in total. The lowest BCUT2D eigenvalue weighted by Crippen LogP contribution is -2.30. The lowest BCUT2D eigenvalue weighted by molar-refractivity contribution is 0.0783. The zero-order valence-corrected chi connectivity index (χ0v) is 12.9. The molecule has 21 heavy (non-hydrogen) atoms. The Balaban J connectivity index is 2.03. The molecule has 1 amide bonds. The fourth-order valence-electron chi connectivity index (χ4n) is 2.49. The van der Waals surface area contributed by atoms with Gasteiger partial charge in [0.15, 0.2) is 0 Å². The predicted molar refractivity (Wildman–Crippen MR) is 83.6 cm³/mol. The number of nitrogens with two attached hydrogens (primary N) is 1. The minimum Gasteiger partial charge on any atom is -0.491 e. The van der Waals surface area contributed by atoms with Gasteiger partial charge in [-0.1, -0.05) is 12.1 Å². The van der Waals surface area contributed by atoms with Gasteiger partial charge in [-0.3, -0.25) is 4.79 Å². The first-order chi connectivity index (χ1) is 10.1. The summed E-state index contributed by atoms with van der Waals surface area (Å²) in [5, 5.41) is 0. The van der Waals surface area contributed by atoms with E-state index in [2.05, 4.69) is 4.90 Å². The van der Waals surface area contributed by atoms with Crippen LogP contribution in [0.3, 0.4) is 0 Å². The molecular weight excluding hydrogens is 266 g/mol. The fourth-order valence-corrected chi connectivity index (χ4v) is 2.49. The summed E-state index contributed by atoms with van der Waals surface area (Å²) < 4.78 is 5.77. The van der Waals surface area contributed by atoms with E-state index in [1.807, 2.05) is 43.3 Å². The molecule has 1 aromatic carbocycles. The minimum atomic E-state index is 0.0476. The number of nitrogens with zero attached hydrogens (tertiary/aromatic N) is 2. The normalized spacial score (nSPS) is 18.3. The third-order valence-electron chi connectivity index (χ3n) is 3.82. The zero-order valence-electron chi connectivity index (χ0n) is 12.9. The number of carbonyl (C=O) groups excluding carboxylic acids is 1. The molecule has 1 heterocycles. The smallest absolute Gasteiger partial charge is 0.257 e. The number of benzene rings is 1. The summed E-state index contributed by atoms with van der Waals surface area (Å²) in [6, 6.07) is 7.47. The van der Waals surface area contributed by atoms with Crippen LogP contribution >= 0.6 is 0 Å². The maximum atomic E-state index is 12.6. The van der Waals surface area contributed by atoms with Gasteiger partial charge in [0.1, 0.15) is 12.4 Å². The third kappa shape index (κ3) is 4.19. The van der Waals surface area contributed by atoms with E-state index in [0.717, 1.165) is 26.1 Å². The topological polar surface area (TPSA) is 58.8 Å². The van der Waals surface area contributed by atoms with Crippen LogP contribution in [-0.2, 0) is 0 Å². The summed E-state index contributed by atoms with van der Waals surface area (Å²) in [6.45, 7) is 3.57. The summed E-state index contributed by atoms with van der Waals surface area (Å²) in [6.07, 6.45) is 0.992. The van der Waals surface area contributed by atoms with Gasteiger partial charge in [-0.25, -0.2) is 0 Å². The van der Waals surface area contributed by atoms with Gasteiger partial charge in [-0.15, -0.1) is 0 Å². The van der Waals surface area contributed by atoms with Gasteiger partial charge < -0.3 is 20.3 Å². The van der Waals surface area contributed by atoms with Crippen molar-refractivity contribution in [2.75, 3.05) is 46.9 Å². The van der Waals surface area contributed by atoms with Crippen molar-refractivity contribution in [1.82, 2.24) is 9.80 Å². The molecule has 1 aromatic rings. The van der Waals surface area contributed by atoms with Crippen LogP contribution < -0.4 is 10.5 Å². The van der Waals surface area contributed by atoms with Crippen LogP contribution in [0.5, 0.6) is 5.75 Å². The Bertz CT molecular complexity index is 476. The predicted octanol–water partition coefficient (Wildman–Crippen LogP) is 1.05. The van der Waals surface area contributed by atoms with Crippen molar-refractivity contribution in [1.29, 1.82) is 0 Å². The minimum absolute atomic E-state index is 0.0476. The van der Waals surface area contributed by atoms with Crippen LogP contribution in [0, 0.1) is 5.92 Å². The van der Waals surface area contributed by atoms with E-state index in [0.29, 0.717) is 30.4 Å². The average Bonchev–Trinajstić information content (AvgIpc) is 2.95. The standard InChI is InChI=1S/C16H25N3O2/c1-18(2)9-10-21-15-6-4-3-5-14(15)16(20)19-8-7-13(11-17)12-19/h3-6,13H,7-12,17H2,1-2H3. The second-order valence-corrected chi connectivity index (χ2v) is 5.79. The molecule has 0 saturated carbocycles. The lowest BCUT2D eigenvalue weighted by Gasteiger charge is -2.19. The molecule has 0 bridgehead atoms. The summed E-state index contributed by atoms with van der Waals surface area (Å²) in [5.41, 5.74) is 6.34. The number of hydrogen-bond donors (Lipinski definition) is 1. The van der Waals surface area contributed by atoms with Crippen LogP contribution in [-0.4, -0.2) is 62.6 Å². The molecule has 5 nitrogen and oxygen atoms in total. The first-order valence-electron chi connectivity index (χ1n) is 7.47. The highest BCUT2D eigenvalue weighted by Crippen LogP contribution is 2.23. The Morgan fingerprint density at radius 3 is 2.86 bits per heavy atom. The van der Waals surface area contributed by atoms with Crippen molar-refractivity contribution in [2.45, 2.75) is 6.42 Å². The third-order valence-corrected chi connectivity index (χ3v) is 3.82. The van der Waals surface area contributed by atoms with Gasteiger partial charge in [0.05, 0.1) is 5.56 Å². The number of likely N-dealkylation sites (tertiary alicyclic amines) is 1. The van der Waals surface area contributed by atoms with Gasteiger partial charge in [-0.05, 0) is 45.1 Å². The Hall–Kier alpha value is -1.59. The average molecular weight is 291 g/mol. The number of likely N-dealkylation sites (N-methyl/N-ethyl adjacent to an activating group) is 1. The summed E-state index contributed by atoms with van der Waals surface area (Å²) in [5.74, 6) is 1.14. The zero-order chi connectivity index (χ0) is 15.2. The van der Waals surface area contributed by atoms with Crippen LogP contribution in [0.1, 0.15) is 16.8 Å². The van der Waals surface area contributed by atoms with E-state index in [1.165, 1.54) is 0 Å². The Morgan fingerprint density at radius 1 is 1.43 bits per heavy atom. The van der Waals surface area contributed by atoms with Crippen molar-refractivity contribution in [3.05, 3.63) is 29.8 Å². The van der Waals surface area contributed by atoms with Gasteiger partial charge in [0.2, 0.25) is 0 Å². The number of hydrogen-bond acceptors (Lipinski definition) is 4. The lowest BCUT2D eigenvalue weighted by atomic mass is 10.1. The molecule has 1 atom stereocenters. The van der Waals surface area contributed by atoms with Gasteiger partial charge in [-0.2, -0.15) is 0 Å². The van der Waals surface area contributed by atoms with Crippen molar-refractivity contribution in [2.24, 2.45) is 11.7 Å². The highest BCUT2D eigenvalue weighted by atomic mass is 16.5. The molecule has 1 saturated heterocycles. The Kier molecular flexibility index (Phi) is 5.59. The number of carbonyl (C=O) groups is 1. The summed E-state index contributed by atoms with van der Waals surface area (Å²) in [4.78, 5) is 16.6. The highest BCUT2D eigenvalue weighted by molar-refractivity contribution is 5.97. The SMILES string of the molecule is CN(C)CCOc1ccccc1C(=O)N1CCC(CN)C1. The molecule has 2 rings (SSSR count). The molecular formula is C16H25N3O2. The number of para-hydroxylation sites is 1. The van der Waals surface area contributed by atoms with Gasteiger partial charge >= 0.3 is 0 Å². The van der Waals surface area contributed by atoms with Crippen molar-refractivity contribution >= 4 is 5.91 Å². The van der Waals surface area contributed by atoms with Crippen molar-refractivity contribution in [3.63, 3.8) is 0 Å². The largest absolute Gasteiger partial charge is 0.491 e. The number of amides is 1. The maximum Gasteiger partial charge on any atom is 0.257 e. The van der Waals surface area contributed by atoms with E-state index in [9.17, 15) is 4.79 Å². The van der Waals surface area contributed by atoms with Gasteiger partial charge in [0, 0.05) is 19.6 Å². The quantitative estimate of drug-likeness (QED) is 0.851. The van der Waals surface area contributed by atoms with Crippen LogP contribution in [0.25, 0.3) is 0 Å². The molecule has 1 fully saturated rings. The first-order valence-corrected chi connectivity index (χ1v) is 7.47. The molecule has 0 aromatic heterocycles. The molecule has 0 aliphatic carbocycles. The van der Waals surface area contributed by atoms with Crippen LogP contribution in [0.15, 0.2) is 24.3 Å². The Labute approximate surface area is 126 Å². The molecule has 1 unspecified atom stereocenters. The van der Waals surface area contributed by atoms with E-state index in [4.69, 9.17) is 10.5 Å². The van der Waals surface area contributed by atoms with Crippen LogP contribution in [0.2, 0.25) is 0 Å². The monoisotopic (exact) mass is 291 g/mol. The second-order valence-electron chi connectivity index (χ2n) is 5.79. The molecule has 0 spiro atoms. The van der Waals surface area contributed by atoms with E-state index >= 15 is 0 Å². The molecule has 5 heteroatoms. The van der Waals surface area contributed by atoms with E-state index < -0.39 is 0 Å². The number of ether oxygens (including phenoxy) is 1. The van der Waals surface area contributed by atoms with Crippen LogP contribution in [0.4, 0.5) is 0 Å². The number of rotatable bonds is 6. The van der Waals surface area contributed by atoms with E-state index in [-0.39, 0.29) is 5.91 Å². The first kappa shape index (κ1) is 15.8. The molecule has 1 aliphatic heterocycles. The van der Waals surface area contributed by atoms with Crippen molar-refractivity contribution < 1.29 is 9.53 Å².